The van der Waals surface area contributed by atoms with Crippen LogP contribution in [-0.4, -0.2) is 16.3 Å². The summed E-state index contributed by atoms with van der Waals surface area (Å²) < 4.78 is 0. The standard InChI is InChI=1S/C17H16O2S/c18-17(19)16(20-15-11-5-2-6-12-15)13-7-10-14-8-3-1-4-9-14/h1-12,16H,13H2,(H,18,19)/b10-7-. The second-order valence-corrected chi connectivity index (χ2v) is 5.58. The van der Waals surface area contributed by atoms with E-state index in [9.17, 15) is 9.90 Å². The van der Waals surface area contributed by atoms with Crippen molar-refractivity contribution in [3.05, 3.63) is 72.3 Å². The molecule has 1 atom stereocenters. The highest BCUT2D eigenvalue weighted by molar-refractivity contribution is 8.00. The van der Waals surface area contributed by atoms with Crippen molar-refractivity contribution in [3.63, 3.8) is 0 Å². The molecule has 0 aliphatic rings. The van der Waals surface area contributed by atoms with Crippen LogP contribution >= 0.6 is 11.8 Å². The molecule has 0 spiro atoms. The summed E-state index contributed by atoms with van der Waals surface area (Å²) in [5, 5.41) is 8.82. The molecule has 2 rings (SSSR count). The lowest BCUT2D eigenvalue weighted by Gasteiger charge is -2.09. The summed E-state index contributed by atoms with van der Waals surface area (Å²) >= 11 is 1.38. The van der Waals surface area contributed by atoms with Crippen LogP contribution in [-0.2, 0) is 4.79 Å². The molecule has 0 saturated heterocycles. The minimum Gasteiger partial charge on any atom is -0.480 e. The van der Waals surface area contributed by atoms with Crippen LogP contribution in [0.1, 0.15) is 12.0 Å². The summed E-state index contributed by atoms with van der Waals surface area (Å²) in [6, 6.07) is 19.5. The van der Waals surface area contributed by atoms with Crippen molar-refractivity contribution in [1.29, 1.82) is 0 Å². The number of aliphatic carboxylic acids is 1. The molecule has 1 unspecified atom stereocenters. The number of thioether (sulfide) groups is 1. The Bertz CT molecular complexity index is 564. The molecule has 20 heavy (non-hydrogen) atoms. The van der Waals surface area contributed by atoms with E-state index in [4.69, 9.17) is 0 Å². The number of allylic oxidation sites excluding steroid dienone is 1. The first kappa shape index (κ1) is 14.4. The molecule has 0 aliphatic heterocycles. The fourth-order valence-corrected chi connectivity index (χ4v) is 2.71. The Morgan fingerprint density at radius 2 is 1.65 bits per heavy atom. The average Bonchev–Trinajstić information content (AvgIpc) is 2.48. The van der Waals surface area contributed by atoms with Gasteiger partial charge in [-0.3, -0.25) is 4.79 Å². The molecule has 0 fully saturated rings. The predicted octanol–water partition coefficient (Wildman–Crippen LogP) is 4.34. The highest BCUT2D eigenvalue weighted by atomic mass is 32.2. The Morgan fingerprint density at radius 3 is 2.25 bits per heavy atom. The minimum atomic E-state index is -0.781. The zero-order valence-corrected chi connectivity index (χ0v) is 11.8. The van der Waals surface area contributed by atoms with E-state index in [1.807, 2.05) is 72.8 Å². The van der Waals surface area contributed by atoms with Crippen molar-refractivity contribution in [2.45, 2.75) is 16.6 Å². The van der Waals surface area contributed by atoms with Gasteiger partial charge < -0.3 is 5.11 Å². The van der Waals surface area contributed by atoms with Gasteiger partial charge in [-0.05, 0) is 24.1 Å². The maximum atomic E-state index is 11.3. The Kier molecular flexibility index (Phi) is 5.44. The Hall–Kier alpha value is -2.00. The molecule has 2 nitrogen and oxygen atoms in total. The zero-order chi connectivity index (χ0) is 14.2. The van der Waals surface area contributed by atoms with Gasteiger partial charge in [0.1, 0.15) is 5.25 Å². The van der Waals surface area contributed by atoms with Crippen LogP contribution in [0.5, 0.6) is 0 Å². The maximum absolute atomic E-state index is 11.3. The third-order valence-corrected chi connectivity index (χ3v) is 3.98. The van der Waals surface area contributed by atoms with E-state index >= 15 is 0 Å². The van der Waals surface area contributed by atoms with Gasteiger partial charge in [-0.25, -0.2) is 0 Å². The first-order valence-electron chi connectivity index (χ1n) is 6.42. The number of hydrogen-bond acceptors (Lipinski definition) is 2. The molecule has 0 heterocycles. The first-order valence-corrected chi connectivity index (χ1v) is 7.30. The first-order chi connectivity index (χ1) is 9.75. The van der Waals surface area contributed by atoms with Gasteiger partial charge in [0.05, 0.1) is 0 Å². The van der Waals surface area contributed by atoms with Crippen LogP contribution < -0.4 is 0 Å². The fraction of sp³-hybridized carbons (Fsp3) is 0.118. The van der Waals surface area contributed by atoms with Crippen molar-refractivity contribution in [1.82, 2.24) is 0 Å². The molecule has 0 aliphatic carbocycles. The number of rotatable bonds is 6. The second-order valence-electron chi connectivity index (χ2n) is 4.31. The Morgan fingerprint density at radius 1 is 1.05 bits per heavy atom. The summed E-state index contributed by atoms with van der Waals surface area (Å²) in [5.74, 6) is -0.781. The van der Waals surface area contributed by atoms with Crippen LogP contribution in [0.25, 0.3) is 6.08 Å². The van der Waals surface area contributed by atoms with Crippen molar-refractivity contribution in [2.75, 3.05) is 0 Å². The zero-order valence-electron chi connectivity index (χ0n) is 11.0. The largest absolute Gasteiger partial charge is 0.480 e. The number of carbonyl (C=O) groups is 1. The highest BCUT2D eigenvalue weighted by Gasteiger charge is 2.16. The van der Waals surface area contributed by atoms with E-state index in [0.29, 0.717) is 6.42 Å². The predicted molar refractivity (Wildman–Crippen MR) is 83.8 cm³/mol. The van der Waals surface area contributed by atoms with Gasteiger partial charge >= 0.3 is 5.97 Å². The summed E-state index contributed by atoms with van der Waals surface area (Å²) in [6.07, 6.45) is 4.38. The van der Waals surface area contributed by atoms with Gasteiger partial charge in [0.25, 0.3) is 0 Å². The average molecular weight is 284 g/mol. The molecular weight excluding hydrogens is 268 g/mol. The van der Waals surface area contributed by atoms with Crippen LogP contribution in [0.4, 0.5) is 0 Å². The highest BCUT2D eigenvalue weighted by Crippen LogP contribution is 2.25. The summed E-state index contributed by atoms with van der Waals surface area (Å²) in [5.41, 5.74) is 1.08. The van der Waals surface area contributed by atoms with E-state index < -0.39 is 11.2 Å². The van der Waals surface area contributed by atoms with Gasteiger partial charge in [0.2, 0.25) is 0 Å². The molecule has 2 aromatic carbocycles. The van der Waals surface area contributed by atoms with E-state index in [-0.39, 0.29) is 0 Å². The number of carboxylic acids is 1. The van der Waals surface area contributed by atoms with E-state index in [1.54, 1.807) is 0 Å². The van der Waals surface area contributed by atoms with Crippen LogP contribution in [0.15, 0.2) is 71.6 Å². The third kappa shape index (κ3) is 4.59. The molecule has 0 radical (unpaired) electrons. The summed E-state index contributed by atoms with van der Waals surface area (Å²) in [6.45, 7) is 0. The normalized spacial score (nSPS) is 12.4. The fourth-order valence-electron chi connectivity index (χ4n) is 1.75. The van der Waals surface area contributed by atoms with Gasteiger partial charge in [-0.15, -0.1) is 11.8 Å². The van der Waals surface area contributed by atoms with Gasteiger partial charge in [0, 0.05) is 4.90 Å². The molecule has 0 aromatic heterocycles. The number of benzene rings is 2. The quantitative estimate of drug-likeness (QED) is 0.802. The molecule has 0 saturated carbocycles. The Balaban J connectivity index is 1.96. The van der Waals surface area contributed by atoms with Gasteiger partial charge in [-0.1, -0.05) is 60.7 Å². The van der Waals surface area contributed by atoms with Crippen LogP contribution in [0.3, 0.4) is 0 Å². The van der Waals surface area contributed by atoms with Crippen molar-refractivity contribution >= 4 is 23.8 Å². The SMILES string of the molecule is O=C(O)C(C/C=C\c1ccccc1)Sc1ccccc1. The van der Waals surface area contributed by atoms with Crippen molar-refractivity contribution in [3.8, 4) is 0 Å². The second kappa shape index (κ2) is 7.56. The van der Waals surface area contributed by atoms with Crippen molar-refractivity contribution < 1.29 is 9.90 Å². The Labute approximate surface area is 123 Å². The van der Waals surface area contributed by atoms with E-state index in [0.717, 1.165) is 10.5 Å². The van der Waals surface area contributed by atoms with Crippen LogP contribution in [0.2, 0.25) is 0 Å². The molecule has 102 valence electrons. The van der Waals surface area contributed by atoms with E-state index in [2.05, 4.69) is 0 Å². The topological polar surface area (TPSA) is 37.3 Å². The smallest absolute Gasteiger partial charge is 0.317 e. The molecule has 0 bridgehead atoms. The maximum Gasteiger partial charge on any atom is 0.317 e. The lowest BCUT2D eigenvalue weighted by atomic mass is 10.2. The number of hydrogen-bond donors (Lipinski definition) is 1. The molecular formula is C17H16O2S. The molecule has 1 N–H and O–H groups in total. The third-order valence-electron chi connectivity index (χ3n) is 2.76. The summed E-state index contributed by atoms with van der Waals surface area (Å²) in [7, 11) is 0. The molecule has 2 aromatic rings. The van der Waals surface area contributed by atoms with Gasteiger partial charge in [0.15, 0.2) is 0 Å². The van der Waals surface area contributed by atoms with Crippen LogP contribution in [0, 0.1) is 0 Å². The number of carboxylic acid groups (broad SMARTS) is 1. The lowest BCUT2D eigenvalue weighted by molar-refractivity contribution is -0.136. The summed E-state index contributed by atoms with van der Waals surface area (Å²) in [4.78, 5) is 12.3. The minimum absolute atomic E-state index is 0.461. The van der Waals surface area contributed by atoms with Gasteiger partial charge in [-0.2, -0.15) is 0 Å². The van der Waals surface area contributed by atoms with E-state index in [1.165, 1.54) is 11.8 Å². The van der Waals surface area contributed by atoms with Crippen molar-refractivity contribution in [2.24, 2.45) is 0 Å². The lowest BCUT2D eigenvalue weighted by Crippen LogP contribution is -2.15. The molecule has 3 heteroatoms. The molecule has 0 amide bonds. The monoisotopic (exact) mass is 284 g/mol.